The van der Waals surface area contributed by atoms with Crippen molar-refractivity contribution >= 4 is 16.8 Å². The number of rotatable bonds is 3. The third kappa shape index (κ3) is 2.27. The van der Waals surface area contributed by atoms with Crippen LogP contribution in [0.15, 0.2) is 36.8 Å². The number of hydrogen-bond donors (Lipinski definition) is 1. The van der Waals surface area contributed by atoms with Crippen LogP contribution in [0, 0.1) is 0 Å². The highest BCUT2D eigenvalue weighted by Gasteiger charge is 2.13. The van der Waals surface area contributed by atoms with Crippen LogP contribution in [0.1, 0.15) is 15.9 Å². The predicted molar refractivity (Wildman–Crippen MR) is 75.1 cm³/mol. The highest BCUT2D eigenvalue weighted by molar-refractivity contribution is 5.97. The third-order valence-corrected chi connectivity index (χ3v) is 3.21. The molecule has 0 bridgehead atoms. The Morgan fingerprint density at radius 2 is 2.25 bits per heavy atom. The Balaban J connectivity index is 1.80. The van der Waals surface area contributed by atoms with Crippen molar-refractivity contribution < 1.29 is 4.79 Å². The van der Waals surface area contributed by atoms with Gasteiger partial charge in [-0.1, -0.05) is 6.07 Å². The van der Waals surface area contributed by atoms with Crippen molar-refractivity contribution in [3.8, 4) is 0 Å². The summed E-state index contributed by atoms with van der Waals surface area (Å²) >= 11 is 0. The van der Waals surface area contributed by atoms with Crippen LogP contribution in [-0.2, 0) is 13.6 Å². The maximum Gasteiger partial charge on any atom is 0.253 e. The average Bonchev–Trinajstić information content (AvgIpc) is 3.05. The van der Waals surface area contributed by atoms with Gasteiger partial charge in [-0.15, -0.1) is 0 Å². The fraction of sp³-hybridized carbons (Fsp3) is 0.214. The minimum absolute atomic E-state index is 0.0228. The van der Waals surface area contributed by atoms with Crippen molar-refractivity contribution in [1.29, 1.82) is 0 Å². The van der Waals surface area contributed by atoms with Crippen LogP contribution < -0.4 is 0 Å². The van der Waals surface area contributed by atoms with Gasteiger partial charge in [-0.25, -0.2) is 0 Å². The van der Waals surface area contributed by atoms with Gasteiger partial charge in [-0.2, -0.15) is 10.2 Å². The number of aryl methyl sites for hydroxylation is 1. The van der Waals surface area contributed by atoms with Crippen LogP contribution in [0.25, 0.3) is 10.9 Å². The van der Waals surface area contributed by atoms with E-state index in [1.165, 1.54) is 0 Å². The summed E-state index contributed by atoms with van der Waals surface area (Å²) in [4.78, 5) is 14.1. The molecule has 0 spiro atoms. The Kier molecular flexibility index (Phi) is 2.98. The van der Waals surface area contributed by atoms with E-state index >= 15 is 0 Å². The largest absolute Gasteiger partial charge is 0.337 e. The van der Waals surface area contributed by atoms with E-state index in [0.717, 1.165) is 16.5 Å². The minimum Gasteiger partial charge on any atom is -0.337 e. The van der Waals surface area contributed by atoms with Gasteiger partial charge >= 0.3 is 0 Å². The topological polar surface area (TPSA) is 66.8 Å². The van der Waals surface area contributed by atoms with Crippen LogP contribution in [0.4, 0.5) is 0 Å². The molecule has 0 unspecified atom stereocenters. The molecule has 1 amide bonds. The predicted octanol–water partition coefficient (Wildman–Crippen LogP) is 1.57. The standard InChI is InChI=1S/C14H15N5O/c1-18(8-10-6-16-19(2)9-10)14(20)11-3-4-12-7-15-17-13(12)5-11/h3-7,9H,8H2,1-2H3,(H,15,17). The van der Waals surface area contributed by atoms with Crippen LogP contribution >= 0.6 is 0 Å². The van der Waals surface area contributed by atoms with Crippen LogP contribution in [0.3, 0.4) is 0 Å². The number of carbonyl (C=O) groups is 1. The molecule has 0 saturated heterocycles. The van der Waals surface area contributed by atoms with E-state index in [9.17, 15) is 4.79 Å². The van der Waals surface area contributed by atoms with Gasteiger partial charge in [0, 0.05) is 43.4 Å². The number of benzene rings is 1. The molecule has 6 nitrogen and oxygen atoms in total. The zero-order chi connectivity index (χ0) is 14.1. The number of nitrogens with one attached hydrogen (secondary N) is 1. The number of aromatic nitrogens is 4. The van der Waals surface area contributed by atoms with Crippen molar-refractivity contribution in [3.05, 3.63) is 47.9 Å². The molecule has 2 heterocycles. The Hall–Kier alpha value is -2.63. The van der Waals surface area contributed by atoms with Crippen LogP contribution in [-0.4, -0.2) is 37.8 Å². The van der Waals surface area contributed by atoms with E-state index in [0.29, 0.717) is 12.1 Å². The Morgan fingerprint density at radius 1 is 1.40 bits per heavy atom. The van der Waals surface area contributed by atoms with Gasteiger partial charge < -0.3 is 4.90 Å². The smallest absolute Gasteiger partial charge is 0.253 e. The van der Waals surface area contributed by atoms with Gasteiger partial charge in [0.25, 0.3) is 5.91 Å². The summed E-state index contributed by atoms with van der Waals surface area (Å²) in [5, 5.41) is 11.9. The van der Waals surface area contributed by atoms with Crippen molar-refractivity contribution in [2.45, 2.75) is 6.54 Å². The fourth-order valence-electron chi connectivity index (χ4n) is 2.19. The average molecular weight is 269 g/mol. The molecule has 102 valence electrons. The lowest BCUT2D eigenvalue weighted by atomic mass is 10.1. The zero-order valence-electron chi connectivity index (χ0n) is 11.4. The second-order valence-electron chi connectivity index (χ2n) is 4.86. The molecule has 3 aromatic rings. The molecule has 0 aliphatic heterocycles. The van der Waals surface area contributed by atoms with Crippen LogP contribution in [0.5, 0.6) is 0 Å². The lowest BCUT2D eigenvalue weighted by Gasteiger charge is -2.16. The zero-order valence-corrected chi connectivity index (χ0v) is 11.4. The first-order chi connectivity index (χ1) is 9.63. The van der Waals surface area contributed by atoms with Crippen molar-refractivity contribution in [2.75, 3.05) is 7.05 Å². The first-order valence-corrected chi connectivity index (χ1v) is 6.29. The van der Waals surface area contributed by atoms with Gasteiger partial charge in [-0.3, -0.25) is 14.6 Å². The molecule has 1 N–H and O–H groups in total. The summed E-state index contributed by atoms with van der Waals surface area (Å²) in [6.07, 6.45) is 5.41. The van der Waals surface area contributed by atoms with E-state index in [4.69, 9.17) is 0 Å². The molecule has 0 radical (unpaired) electrons. The van der Waals surface area contributed by atoms with Crippen LogP contribution in [0.2, 0.25) is 0 Å². The maximum atomic E-state index is 12.4. The number of nitrogens with zero attached hydrogens (tertiary/aromatic N) is 4. The molecular formula is C14H15N5O. The van der Waals surface area contributed by atoms with Crippen molar-refractivity contribution in [1.82, 2.24) is 24.9 Å². The fourth-order valence-corrected chi connectivity index (χ4v) is 2.19. The second kappa shape index (κ2) is 4.80. The second-order valence-corrected chi connectivity index (χ2v) is 4.86. The number of hydrogen-bond acceptors (Lipinski definition) is 3. The monoisotopic (exact) mass is 269 g/mol. The number of aromatic amines is 1. The van der Waals surface area contributed by atoms with E-state index in [2.05, 4.69) is 15.3 Å². The maximum absolute atomic E-state index is 12.4. The SMILES string of the molecule is CN(Cc1cnn(C)c1)C(=O)c1ccc2cn[nH]c2c1. The molecule has 3 rings (SSSR count). The summed E-state index contributed by atoms with van der Waals surface area (Å²) in [7, 11) is 3.64. The normalized spacial score (nSPS) is 10.9. The number of carbonyl (C=O) groups excluding carboxylic acids is 1. The Morgan fingerprint density at radius 3 is 3.00 bits per heavy atom. The van der Waals surface area contributed by atoms with E-state index < -0.39 is 0 Å². The highest BCUT2D eigenvalue weighted by atomic mass is 16.2. The van der Waals surface area contributed by atoms with Gasteiger partial charge in [0.1, 0.15) is 0 Å². The number of amides is 1. The highest BCUT2D eigenvalue weighted by Crippen LogP contribution is 2.15. The van der Waals surface area contributed by atoms with E-state index in [1.807, 2.05) is 31.4 Å². The Labute approximate surface area is 116 Å². The lowest BCUT2D eigenvalue weighted by Crippen LogP contribution is -2.26. The minimum atomic E-state index is -0.0228. The Bertz CT molecular complexity index is 758. The number of fused-ring (bicyclic) bond motifs is 1. The van der Waals surface area contributed by atoms with Gasteiger partial charge in [0.05, 0.1) is 17.9 Å². The molecule has 0 fully saturated rings. The molecule has 6 heteroatoms. The first-order valence-electron chi connectivity index (χ1n) is 6.29. The molecular weight excluding hydrogens is 254 g/mol. The first kappa shape index (κ1) is 12.4. The molecule has 0 saturated carbocycles. The van der Waals surface area contributed by atoms with E-state index in [-0.39, 0.29) is 5.91 Å². The van der Waals surface area contributed by atoms with Gasteiger partial charge in [-0.05, 0) is 12.1 Å². The van der Waals surface area contributed by atoms with Crippen molar-refractivity contribution in [3.63, 3.8) is 0 Å². The number of H-pyrrole nitrogens is 1. The third-order valence-electron chi connectivity index (χ3n) is 3.21. The summed E-state index contributed by atoms with van der Waals surface area (Å²) in [6.45, 7) is 0.535. The summed E-state index contributed by atoms with van der Waals surface area (Å²) in [6, 6.07) is 5.54. The molecule has 0 aliphatic rings. The molecule has 20 heavy (non-hydrogen) atoms. The van der Waals surface area contributed by atoms with E-state index in [1.54, 1.807) is 29.0 Å². The molecule has 0 atom stereocenters. The molecule has 1 aromatic carbocycles. The lowest BCUT2D eigenvalue weighted by molar-refractivity contribution is 0.0785. The van der Waals surface area contributed by atoms with Crippen molar-refractivity contribution in [2.24, 2.45) is 7.05 Å². The summed E-state index contributed by atoms with van der Waals surface area (Å²) < 4.78 is 1.73. The summed E-state index contributed by atoms with van der Waals surface area (Å²) in [5.41, 5.74) is 2.52. The quantitative estimate of drug-likeness (QED) is 0.784. The summed E-state index contributed by atoms with van der Waals surface area (Å²) in [5.74, 6) is -0.0228. The van der Waals surface area contributed by atoms with Gasteiger partial charge in [0.2, 0.25) is 0 Å². The molecule has 0 aliphatic carbocycles. The van der Waals surface area contributed by atoms with Gasteiger partial charge in [0.15, 0.2) is 0 Å². The molecule has 2 aromatic heterocycles.